The van der Waals surface area contributed by atoms with E-state index in [2.05, 4.69) is 0 Å². The molecular formula is C16H9ClF3NO2. The van der Waals surface area contributed by atoms with Gasteiger partial charge < -0.3 is 0 Å². The smallest absolute Gasteiger partial charge is 0.300 e. The summed E-state index contributed by atoms with van der Waals surface area (Å²) in [5.41, 5.74) is -1.03. The van der Waals surface area contributed by atoms with Crippen LogP contribution in [0.25, 0.3) is 0 Å². The lowest BCUT2D eigenvalue weighted by Crippen LogP contribution is -2.30. The number of ketones is 1. The van der Waals surface area contributed by atoms with E-state index in [9.17, 15) is 22.8 Å². The van der Waals surface area contributed by atoms with E-state index in [4.69, 9.17) is 11.6 Å². The van der Waals surface area contributed by atoms with Crippen molar-refractivity contribution < 1.29 is 22.8 Å². The van der Waals surface area contributed by atoms with Crippen molar-refractivity contribution in [3.8, 4) is 0 Å². The Morgan fingerprint density at radius 1 is 1.00 bits per heavy atom. The highest BCUT2D eigenvalue weighted by Crippen LogP contribution is 2.42. The topological polar surface area (TPSA) is 37.4 Å². The van der Waals surface area contributed by atoms with Crippen LogP contribution in [-0.4, -0.2) is 11.7 Å². The van der Waals surface area contributed by atoms with Crippen molar-refractivity contribution in [3.63, 3.8) is 0 Å². The Balaban J connectivity index is 2.09. The lowest BCUT2D eigenvalue weighted by atomic mass is 10.1. The van der Waals surface area contributed by atoms with Gasteiger partial charge in [0.15, 0.2) is 0 Å². The highest BCUT2D eigenvalue weighted by molar-refractivity contribution is 6.52. The molecule has 118 valence electrons. The van der Waals surface area contributed by atoms with Crippen molar-refractivity contribution in [2.75, 3.05) is 4.90 Å². The fraction of sp³-hybridized carbons (Fsp3) is 0.125. The van der Waals surface area contributed by atoms with E-state index < -0.39 is 23.4 Å². The number of Topliss-reactive ketones (excluding diaryl/α,β-unsaturated/α-hetero) is 1. The van der Waals surface area contributed by atoms with Crippen LogP contribution in [0.3, 0.4) is 0 Å². The number of carbonyl (C=O) groups excluding carboxylic acids is 2. The van der Waals surface area contributed by atoms with E-state index in [0.717, 1.165) is 17.0 Å². The minimum absolute atomic E-state index is 0.137. The minimum atomic E-state index is -4.66. The molecule has 3 rings (SSSR count). The molecule has 0 fully saturated rings. The molecule has 0 unspecified atom stereocenters. The van der Waals surface area contributed by atoms with E-state index in [1.165, 1.54) is 6.07 Å². The van der Waals surface area contributed by atoms with Gasteiger partial charge in [-0.05, 0) is 29.8 Å². The van der Waals surface area contributed by atoms with E-state index in [1.54, 1.807) is 24.3 Å². The molecule has 0 spiro atoms. The van der Waals surface area contributed by atoms with Gasteiger partial charge in [0.25, 0.3) is 11.7 Å². The largest absolute Gasteiger partial charge is 0.418 e. The molecule has 1 amide bonds. The Bertz CT molecular complexity index is 800. The molecule has 0 radical (unpaired) electrons. The number of carbonyl (C=O) groups is 2. The molecule has 1 heterocycles. The van der Waals surface area contributed by atoms with Crippen molar-refractivity contribution in [1.82, 2.24) is 0 Å². The zero-order valence-electron chi connectivity index (χ0n) is 11.5. The fourth-order valence-electron chi connectivity index (χ4n) is 2.51. The van der Waals surface area contributed by atoms with Gasteiger partial charge in [0.1, 0.15) is 0 Å². The molecule has 0 atom stereocenters. The van der Waals surface area contributed by atoms with Crippen molar-refractivity contribution in [2.24, 2.45) is 0 Å². The second-order valence-corrected chi connectivity index (χ2v) is 5.48. The number of rotatable bonds is 2. The fourth-order valence-corrected chi connectivity index (χ4v) is 2.63. The lowest BCUT2D eigenvalue weighted by molar-refractivity contribution is -0.137. The van der Waals surface area contributed by atoms with Crippen LogP contribution < -0.4 is 4.90 Å². The number of nitrogens with zero attached hydrogens (tertiary/aromatic N) is 1. The average Bonchev–Trinajstić information content (AvgIpc) is 2.74. The van der Waals surface area contributed by atoms with Crippen LogP contribution >= 0.6 is 11.6 Å². The third kappa shape index (κ3) is 2.70. The standard InChI is InChI=1S/C16H9ClF3NO2/c17-10-6-4-9(5-7-10)8-21-13-11(14(22)15(21)23)2-1-3-12(13)16(18,19)20/h1-7H,8H2. The van der Waals surface area contributed by atoms with Crippen molar-refractivity contribution in [1.29, 1.82) is 0 Å². The van der Waals surface area contributed by atoms with Gasteiger partial charge in [0.2, 0.25) is 0 Å². The maximum Gasteiger partial charge on any atom is 0.418 e. The summed E-state index contributed by atoms with van der Waals surface area (Å²) in [5, 5.41) is 0.467. The zero-order valence-corrected chi connectivity index (χ0v) is 12.3. The van der Waals surface area contributed by atoms with Crippen LogP contribution in [-0.2, 0) is 17.5 Å². The Morgan fingerprint density at radius 2 is 1.65 bits per heavy atom. The Labute approximate surface area is 134 Å². The van der Waals surface area contributed by atoms with E-state index >= 15 is 0 Å². The summed E-state index contributed by atoms with van der Waals surface area (Å²) in [6.45, 7) is -0.137. The molecule has 0 bridgehead atoms. The number of hydrogen-bond acceptors (Lipinski definition) is 2. The number of alkyl halides is 3. The zero-order chi connectivity index (χ0) is 16.8. The highest BCUT2D eigenvalue weighted by atomic mass is 35.5. The number of hydrogen-bond donors (Lipinski definition) is 0. The summed E-state index contributed by atoms with van der Waals surface area (Å²) < 4.78 is 39.6. The van der Waals surface area contributed by atoms with E-state index in [1.807, 2.05) is 0 Å². The van der Waals surface area contributed by atoms with Gasteiger partial charge in [-0.2, -0.15) is 13.2 Å². The molecule has 3 nitrogen and oxygen atoms in total. The molecule has 0 saturated carbocycles. The molecule has 7 heteroatoms. The quantitative estimate of drug-likeness (QED) is 0.773. The first kappa shape index (κ1) is 15.6. The normalized spacial score (nSPS) is 14.3. The number of fused-ring (bicyclic) bond motifs is 1. The van der Waals surface area contributed by atoms with E-state index in [-0.39, 0.29) is 17.8 Å². The molecule has 2 aromatic rings. The van der Waals surface area contributed by atoms with Crippen molar-refractivity contribution in [3.05, 3.63) is 64.2 Å². The number of amides is 1. The van der Waals surface area contributed by atoms with Gasteiger partial charge in [0.05, 0.1) is 23.4 Å². The van der Waals surface area contributed by atoms with Crippen LogP contribution in [0.15, 0.2) is 42.5 Å². The van der Waals surface area contributed by atoms with E-state index in [0.29, 0.717) is 10.6 Å². The van der Waals surface area contributed by atoms with Gasteiger partial charge in [0, 0.05) is 5.02 Å². The number of halogens is 4. The molecule has 1 aliphatic rings. The number of benzene rings is 2. The summed E-state index contributed by atoms with van der Waals surface area (Å²) in [7, 11) is 0. The lowest BCUT2D eigenvalue weighted by Gasteiger charge is -2.21. The predicted octanol–water partition coefficient (Wildman–Crippen LogP) is 4.09. The van der Waals surface area contributed by atoms with Gasteiger partial charge in [-0.15, -0.1) is 0 Å². The third-order valence-electron chi connectivity index (χ3n) is 3.55. The Hall–Kier alpha value is -2.34. The first-order chi connectivity index (χ1) is 10.8. The second-order valence-electron chi connectivity index (χ2n) is 5.05. The van der Waals surface area contributed by atoms with Gasteiger partial charge in [-0.3, -0.25) is 14.5 Å². The van der Waals surface area contributed by atoms with Crippen molar-refractivity contribution >= 4 is 29.0 Å². The van der Waals surface area contributed by atoms with Crippen molar-refractivity contribution in [2.45, 2.75) is 12.7 Å². The molecular weight excluding hydrogens is 331 g/mol. The summed E-state index contributed by atoms with van der Waals surface area (Å²) in [5.74, 6) is -1.90. The van der Waals surface area contributed by atoms with Crippen LogP contribution in [0.4, 0.5) is 18.9 Å². The summed E-state index contributed by atoms with van der Waals surface area (Å²) >= 11 is 5.76. The van der Waals surface area contributed by atoms with Crippen LogP contribution in [0, 0.1) is 0 Å². The van der Waals surface area contributed by atoms with Crippen LogP contribution in [0.5, 0.6) is 0 Å². The van der Waals surface area contributed by atoms with Crippen LogP contribution in [0.1, 0.15) is 21.5 Å². The Kier molecular flexibility index (Phi) is 3.64. The highest BCUT2D eigenvalue weighted by Gasteiger charge is 2.44. The average molecular weight is 340 g/mol. The first-order valence-corrected chi connectivity index (χ1v) is 6.97. The third-order valence-corrected chi connectivity index (χ3v) is 3.80. The number of anilines is 1. The predicted molar refractivity (Wildman–Crippen MR) is 78.4 cm³/mol. The summed E-state index contributed by atoms with van der Waals surface area (Å²) in [6, 6.07) is 9.53. The van der Waals surface area contributed by atoms with Gasteiger partial charge in [-0.1, -0.05) is 29.8 Å². The molecule has 0 N–H and O–H groups in total. The maximum absolute atomic E-state index is 13.2. The molecule has 2 aromatic carbocycles. The first-order valence-electron chi connectivity index (χ1n) is 6.60. The molecule has 1 aliphatic heterocycles. The van der Waals surface area contributed by atoms with Crippen LogP contribution in [0.2, 0.25) is 5.02 Å². The molecule has 0 saturated heterocycles. The molecule has 0 aliphatic carbocycles. The van der Waals surface area contributed by atoms with Gasteiger partial charge >= 0.3 is 6.18 Å². The molecule has 0 aromatic heterocycles. The SMILES string of the molecule is O=C1C(=O)N(Cc2ccc(Cl)cc2)c2c1cccc2C(F)(F)F. The number of para-hydroxylation sites is 1. The summed E-state index contributed by atoms with van der Waals surface area (Å²) in [6.07, 6.45) is -4.66. The monoisotopic (exact) mass is 339 g/mol. The Morgan fingerprint density at radius 3 is 2.26 bits per heavy atom. The minimum Gasteiger partial charge on any atom is -0.300 e. The second kappa shape index (κ2) is 5.38. The maximum atomic E-state index is 13.2. The summed E-state index contributed by atoms with van der Waals surface area (Å²) in [4.78, 5) is 24.9. The molecule has 23 heavy (non-hydrogen) atoms. The van der Waals surface area contributed by atoms with Gasteiger partial charge in [-0.25, -0.2) is 0 Å².